The monoisotopic (exact) mass is 386 g/mol. The second-order valence-electron chi connectivity index (χ2n) is 0. The van der Waals surface area contributed by atoms with Crippen LogP contribution in [0.25, 0.3) is 0 Å². The minimum atomic E-state index is -0.1000. The molecule has 0 amide bonds. The van der Waals surface area contributed by atoms with Gasteiger partial charge in [0.1, 0.15) is 0 Å². The molecule has 0 radical (unpaired) electrons. The van der Waals surface area contributed by atoms with Crippen LogP contribution in [0.15, 0.2) is 0 Å². The first-order chi connectivity index (χ1) is 1.00. The molecule has 0 unspecified atom stereocenters. The van der Waals surface area contributed by atoms with E-state index in [0.717, 1.165) is 0 Å². The first-order valence-electron chi connectivity index (χ1n) is 0.289. The molecule has 0 saturated carbocycles. The van der Waals surface area contributed by atoms with E-state index in [1.165, 1.54) is 0 Å². The standard InChI is InChI=1S/Ga.2In.O.Zn.7H. The van der Waals surface area contributed by atoms with Crippen LogP contribution >= 0.6 is 0 Å². The van der Waals surface area contributed by atoms with Gasteiger partial charge in [-0.25, -0.2) is 0 Å². The van der Waals surface area contributed by atoms with Crippen molar-refractivity contribution in [3.8, 4) is 0 Å². The minimum absolute atomic E-state index is 0. The van der Waals surface area contributed by atoms with Gasteiger partial charge in [-0.1, -0.05) is 0 Å². The van der Waals surface area contributed by atoms with Gasteiger partial charge in [-0.3, -0.25) is 0 Å². The van der Waals surface area contributed by atoms with Gasteiger partial charge in [0.25, 0.3) is 0 Å². The van der Waals surface area contributed by atoms with Crippen molar-refractivity contribution < 1.29 is 22.3 Å². The van der Waals surface area contributed by atoms with Crippen molar-refractivity contribution in [3.63, 3.8) is 0 Å². The maximum Gasteiger partial charge on any atom is 0 e. The quantitative estimate of drug-likeness (QED) is 0.402. The smallest absolute Gasteiger partial charge is 0 e. The second-order valence-corrected chi connectivity index (χ2v) is 0. The molecule has 0 bridgehead atoms. The van der Waals surface area contributed by atoms with Crippen molar-refractivity contribution in [2.45, 2.75) is 0 Å². The molecular formula is H7GaIn2OZn. The summed E-state index contributed by atoms with van der Waals surface area (Å²) in [6.07, 6.45) is 0. The van der Waals surface area contributed by atoms with E-state index < -0.39 is 0 Å². The maximum absolute atomic E-state index is 8.42. The Labute approximate surface area is 90.6 Å². The SMILES string of the molecule is [GaH3].[InH3].[O]=[InH].[Zn]. The third-order valence-electron chi connectivity index (χ3n) is 0. The Kier molecular flexibility index (Phi) is 146. The van der Waals surface area contributed by atoms with Crippen LogP contribution in [-0.2, 0) is 22.3 Å². The van der Waals surface area contributed by atoms with Gasteiger partial charge in [0, 0.05) is 19.5 Å². The van der Waals surface area contributed by atoms with Crippen molar-refractivity contribution in [3.05, 3.63) is 0 Å². The van der Waals surface area contributed by atoms with Crippen LogP contribution in [-0.4, -0.2) is 70.0 Å². The van der Waals surface area contributed by atoms with Gasteiger partial charge >= 0.3 is 72.9 Å². The summed E-state index contributed by atoms with van der Waals surface area (Å²) in [6, 6.07) is 0. The zero-order valence-electron chi connectivity index (χ0n) is 1.82. The molecule has 0 N–H and O–H groups in total. The normalized spacial score (nSPS) is 0.600. The van der Waals surface area contributed by atoms with E-state index in [4.69, 9.17) is 2.85 Å². The summed E-state index contributed by atoms with van der Waals surface area (Å²) < 4.78 is 8.42. The van der Waals surface area contributed by atoms with E-state index >= 15 is 0 Å². The fourth-order valence-corrected chi connectivity index (χ4v) is 0. The van der Waals surface area contributed by atoms with Gasteiger partial charge in [0.2, 0.25) is 0 Å². The van der Waals surface area contributed by atoms with E-state index in [0.29, 0.717) is 0 Å². The van der Waals surface area contributed by atoms with E-state index in [1.54, 1.807) is 0 Å². The van der Waals surface area contributed by atoms with Crippen LogP contribution in [0.3, 0.4) is 0 Å². The fraction of sp³-hybridized carbons (Fsp3) is 0. The number of hydrogen-bond donors (Lipinski definition) is 0. The summed E-state index contributed by atoms with van der Waals surface area (Å²) in [4.78, 5) is 0. The Hall–Kier alpha value is 2.80. The molecule has 0 aliphatic rings. The molecule has 0 spiro atoms. The van der Waals surface area contributed by atoms with Gasteiger partial charge < -0.3 is 0 Å². The summed E-state index contributed by atoms with van der Waals surface area (Å²) >= 11 is -0.1000. The molecule has 0 aliphatic carbocycles. The zero-order valence-corrected chi connectivity index (χ0v) is 8.83. The maximum atomic E-state index is 8.42. The molecule has 0 heterocycles. The molecule has 24 valence electrons. The van der Waals surface area contributed by atoms with Crippen molar-refractivity contribution in [2.75, 3.05) is 0 Å². The molecule has 0 saturated heterocycles. The van der Waals surface area contributed by atoms with Gasteiger partial charge in [0.05, 0.1) is 0 Å². The molecule has 5 heteroatoms. The average molecular weight is 388 g/mol. The predicted molar refractivity (Wildman–Crippen MR) is 27.7 cm³/mol. The zero-order chi connectivity index (χ0) is 2.00. The first-order valence-corrected chi connectivity index (χ1v) is 1.94. The predicted octanol–water partition coefficient (Wildman–Crippen LogP) is -3.14. The van der Waals surface area contributed by atoms with Crippen LogP contribution in [0.1, 0.15) is 0 Å². The van der Waals surface area contributed by atoms with Gasteiger partial charge in [-0.15, -0.1) is 0 Å². The summed E-state index contributed by atoms with van der Waals surface area (Å²) in [5.41, 5.74) is 0. The Balaban J connectivity index is -0.00000000167. The largest absolute Gasteiger partial charge is 0 e. The Bertz CT molecular complexity index is 9.61. The summed E-state index contributed by atoms with van der Waals surface area (Å²) in [6.45, 7) is 0. The topological polar surface area (TPSA) is 17.1 Å². The Morgan fingerprint density at radius 1 is 1.20 bits per heavy atom. The molecule has 0 rings (SSSR count). The van der Waals surface area contributed by atoms with E-state index in [-0.39, 0.29) is 89.5 Å². The Morgan fingerprint density at radius 3 is 1.20 bits per heavy atom. The molecular weight excluding hydrogens is 381 g/mol. The summed E-state index contributed by atoms with van der Waals surface area (Å²) in [5, 5.41) is 0. The van der Waals surface area contributed by atoms with Crippen LogP contribution in [0.4, 0.5) is 0 Å². The van der Waals surface area contributed by atoms with E-state index in [9.17, 15) is 0 Å². The van der Waals surface area contributed by atoms with Gasteiger partial charge in [-0.05, 0) is 0 Å². The second kappa shape index (κ2) is 29.2. The van der Waals surface area contributed by atoms with Crippen molar-refractivity contribution in [2.24, 2.45) is 0 Å². The number of rotatable bonds is 0. The first kappa shape index (κ1) is 25.0. The molecule has 0 aromatic heterocycles. The van der Waals surface area contributed by atoms with Crippen LogP contribution in [0.5, 0.6) is 0 Å². The van der Waals surface area contributed by atoms with Gasteiger partial charge in [0.15, 0.2) is 0 Å². The molecule has 0 fully saturated rings. The number of hydrogen-bond acceptors (Lipinski definition) is 1. The third-order valence-corrected chi connectivity index (χ3v) is 0. The van der Waals surface area contributed by atoms with E-state index in [2.05, 4.69) is 0 Å². The molecule has 1 nitrogen and oxygen atoms in total. The summed E-state index contributed by atoms with van der Waals surface area (Å²) in [7, 11) is 0. The minimum Gasteiger partial charge on any atom is 0 e. The van der Waals surface area contributed by atoms with Gasteiger partial charge in [-0.2, -0.15) is 0 Å². The molecule has 0 aliphatic heterocycles. The van der Waals surface area contributed by atoms with Crippen molar-refractivity contribution in [1.29, 1.82) is 0 Å². The third kappa shape index (κ3) is 20.0. The summed E-state index contributed by atoms with van der Waals surface area (Å²) in [5.74, 6) is 0. The van der Waals surface area contributed by atoms with Crippen LogP contribution in [0, 0.1) is 0 Å². The van der Waals surface area contributed by atoms with E-state index in [1.807, 2.05) is 0 Å². The van der Waals surface area contributed by atoms with Crippen molar-refractivity contribution in [1.82, 2.24) is 0 Å². The Morgan fingerprint density at radius 2 is 1.20 bits per heavy atom. The molecule has 0 atom stereocenters. The van der Waals surface area contributed by atoms with Crippen LogP contribution < -0.4 is 0 Å². The molecule has 0 aromatic carbocycles. The average Bonchev–Trinajstić information content (AvgIpc) is 1.00. The molecule has 0 aromatic rings. The van der Waals surface area contributed by atoms with Crippen LogP contribution in [0.2, 0.25) is 0 Å². The fourth-order valence-electron chi connectivity index (χ4n) is 0. The molecule has 5 heavy (non-hydrogen) atoms. The van der Waals surface area contributed by atoms with Crippen molar-refractivity contribution >= 4 is 70.0 Å².